The molecule has 132 valence electrons. The normalized spacial score (nSPS) is 19.7. The lowest BCUT2D eigenvalue weighted by atomic mass is 9.73. The van der Waals surface area contributed by atoms with E-state index in [2.05, 4.69) is 17.4 Å². The van der Waals surface area contributed by atoms with E-state index in [4.69, 9.17) is 9.72 Å². The number of thiazole rings is 1. The Morgan fingerprint density at radius 1 is 1.08 bits per heavy atom. The van der Waals surface area contributed by atoms with E-state index in [0.29, 0.717) is 26.1 Å². The van der Waals surface area contributed by atoms with E-state index < -0.39 is 5.41 Å². The third-order valence-corrected chi connectivity index (χ3v) is 6.50. The van der Waals surface area contributed by atoms with Crippen molar-refractivity contribution in [2.75, 3.05) is 18.5 Å². The largest absolute Gasteiger partial charge is 0.381 e. The molecule has 0 bridgehead atoms. The minimum Gasteiger partial charge on any atom is -0.381 e. The highest BCUT2D eigenvalue weighted by Crippen LogP contribution is 2.37. The first kappa shape index (κ1) is 16.7. The smallest absolute Gasteiger partial charge is 0.236 e. The van der Waals surface area contributed by atoms with Crippen LogP contribution in [-0.4, -0.2) is 24.1 Å². The Balaban J connectivity index is 1.59. The SMILES string of the molecule is O=C(Nc1nc2c(s1)CCCCC2)C1(c2ccccc2)CCOCC1. The standard InChI is InChI=1S/C20H24N2O2S/c23-18(22-19-21-16-9-5-2-6-10-17(16)25-19)20(11-13-24-14-12-20)15-7-3-1-4-8-15/h1,3-4,7-8H,2,5-6,9-14H2,(H,21,22,23). The molecule has 1 amide bonds. The van der Waals surface area contributed by atoms with Crippen LogP contribution in [-0.2, 0) is 27.8 Å². The summed E-state index contributed by atoms with van der Waals surface area (Å²) in [5.41, 5.74) is 1.76. The Labute approximate surface area is 152 Å². The molecule has 5 heteroatoms. The van der Waals surface area contributed by atoms with Crippen molar-refractivity contribution in [3.8, 4) is 0 Å². The molecule has 2 heterocycles. The van der Waals surface area contributed by atoms with Crippen molar-refractivity contribution < 1.29 is 9.53 Å². The van der Waals surface area contributed by atoms with E-state index in [9.17, 15) is 4.79 Å². The van der Waals surface area contributed by atoms with Gasteiger partial charge in [-0.05, 0) is 44.1 Å². The zero-order valence-electron chi connectivity index (χ0n) is 14.4. The highest BCUT2D eigenvalue weighted by molar-refractivity contribution is 7.15. The molecular weight excluding hydrogens is 332 g/mol. The number of benzene rings is 1. The van der Waals surface area contributed by atoms with Crippen LogP contribution >= 0.6 is 11.3 Å². The number of aryl methyl sites for hydroxylation is 2. The van der Waals surface area contributed by atoms with Crippen LogP contribution in [0.5, 0.6) is 0 Å². The molecule has 1 aromatic carbocycles. The van der Waals surface area contributed by atoms with Crippen LogP contribution in [0.1, 0.15) is 48.2 Å². The molecule has 0 atom stereocenters. The van der Waals surface area contributed by atoms with Crippen LogP contribution < -0.4 is 5.32 Å². The first-order valence-corrected chi connectivity index (χ1v) is 10.0. The van der Waals surface area contributed by atoms with Gasteiger partial charge in [0.2, 0.25) is 5.91 Å². The number of anilines is 1. The summed E-state index contributed by atoms with van der Waals surface area (Å²) in [5, 5.41) is 3.90. The summed E-state index contributed by atoms with van der Waals surface area (Å²) < 4.78 is 5.53. The summed E-state index contributed by atoms with van der Waals surface area (Å²) >= 11 is 1.66. The van der Waals surface area contributed by atoms with Gasteiger partial charge in [0.05, 0.1) is 11.1 Å². The minimum absolute atomic E-state index is 0.0610. The minimum atomic E-state index is -0.511. The Hall–Kier alpha value is -1.72. The molecule has 1 aliphatic heterocycles. The number of nitrogens with zero attached hydrogens (tertiary/aromatic N) is 1. The predicted octanol–water partition coefficient (Wildman–Crippen LogP) is 4.10. The number of carbonyl (C=O) groups is 1. The molecule has 1 N–H and O–H groups in total. The molecule has 2 aliphatic rings. The number of nitrogens with one attached hydrogen (secondary N) is 1. The van der Waals surface area contributed by atoms with E-state index in [-0.39, 0.29) is 5.91 Å². The second kappa shape index (κ2) is 7.26. The van der Waals surface area contributed by atoms with Crippen molar-refractivity contribution in [3.63, 3.8) is 0 Å². The average molecular weight is 356 g/mol. The first-order chi connectivity index (χ1) is 12.3. The van der Waals surface area contributed by atoms with Gasteiger partial charge >= 0.3 is 0 Å². The maximum absolute atomic E-state index is 13.3. The third-order valence-electron chi connectivity index (χ3n) is 5.42. The summed E-state index contributed by atoms with van der Waals surface area (Å²) in [6.07, 6.45) is 7.28. The van der Waals surface area contributed by atoms with Crippen molar-refractivity contribution in [1.29, 1.82) is 0 Å². The van der Waals surface area contributed by atoms with E-state index in [1.165, 1.54) is 29.8 Å². The summed E-state index contributed by atoms with van der Waals surface area (Å²) in [6, 6.07) is 10.1. The number of hydrogen-bond donors (Lipinski definition) is 1. The van der Waals surface area contributed by atoms with Crippen LogP contribution in [0.15, 0.2) is 30.3 Å². The number of ether oxygens (including phenoxy) is 1. The van der Waals surface area contributed by atoms with E-state index >= 15 is 0 Å². The number of carbonyl (C=O) groups excluding carboxylic acids is 1. The molecule has 0 radical (unpaired) electrons. The summed E-state index contributed by atoms with van der Waals surface area (Å²) in [4.78, 5) is 19.4. The molecule has 0 saturated carbocycles. The topological polar surface area (TPSA) is 51.2 Å². The van der Waals surface area contributed by atoms with Crippen LogP contribution in [0.2, 0.25) is 0 Å². The number of amides is 1. The van der Waals surface area contributed by atoms with E-state index in [1.807, 2.05) is 18.2 Å². The second-order valence-corrected chi connectivity index (χ2v) is 8.05. The average Bonchev–Trinajstić information content (AvgIpc) is 2.91. The highest BCUT2D eigenvalue weighted by atomic mass is 32.1. The maximum Gasteiger partial charge on any atom is 0.236 e. The van der Waals surface area contributed by atoms with Crippen LogP contribution in [0.3, 0.4) is 0 Å². The van der Waals surface area contributed by atoms with E-state index in [1.54, 1.807) is 11.3 Å². The van der Waals surface area contributed by atoms with Crippen LogP contribution in [0.25, 0.3) is 0 Å². The number of hydrogen-bond acceptors (Lipinski definition) is 4. The molecule has 25 heavy (non-hydrogen) atoms. The highest BCUT2D eigenvalue weighted by Gasteiger charge is 2.42. The molecule has 1 fully saturated rings. The Bertz CT molecular complexity index is 712. The fourth-order valence-corrected chi connectivity index (χ4v) is 4.97. The van der Waals surface area contributed by atoms with Crippen molar-refractivity contribution in [3.05, 3.63) is 46.5 Å². The Kier molecular flexibility index (Phi) is 4.86. The molecule has 0 spiro atoms. The molecule has 4 nitrogen and oxygen atoms in total. The van der Waals surface area contributed by atoms with Gasteiger partial charge in [-0.15, -0.1) is 11.3 Å². The van der Waals surface area contributed by atoms with Gasteiger partial charge in [0.25, 0.3) is 0 Å². The molecule has 2 aromatic rings. The fraction of sp³-hybridized carbons (Fsp3) is 0.500. The molecule has 1 aliphatic carbocycles. The van der Waals surface area contributed by atoms with Crippen molar-refractivity contribution in [2.24, 2.45) is 0 Å². The molecular formula is C20H24N2O2S. The fourth-order valence-electron chi connectivity index (χ4n) is 3.92. The zero-order valence-corrected chi connectivity index (χ0v) is 15.2. The summed E-state index contributed by atoms with van der Waals surface area (Å²) in [5.74, 6) is 0.0610. The predicted molar refractivity (Wildman–Crippen MR) is 100 cm³/mol. The van der Waals surface area contributed by atoms with Gasteiger partial charge in [-0.1, -0.05) is 36.8 Å². The lowest BCUT2D eigenvalue weighted by Gasteiger charge is -2.35. The van der Waals surface area contributed by atoms with Gasteiger partial charge in [-0.25, -0.2) is 4.98 Å². The maximum atomic E-state index is 13.3. The third kappa shape index (κ3) is 3.35. The monoisotopic (exact) mass is 356 g/mol. The number of aromatic nitrogens is 1. The van der Waals surface area contributed by atoms with Crippen molar-refractivity contribution >= 4 is 22.4 Å². The van der Waals surface area contributed by atoms with Crippen LogP contribution in [0, 0.1) is 0 Å². The lowest BCUT2D eigenvalue weighted by molar-refractivity contribution is -0.125. The lowest BCUT2D eigenvalue weighted by Crippen LogP contribution is -2.44. The zero-order chi connectivity index (χ0) is 17.1. The van der Waals surface area contributed by atoms with Gasteiger partial charge in [-0.2, -0.15) is 0 Å². The Morgan fingerprint density at radius 3 is 2.64 bits per heavy atom. The van der Waals surface area contributed by atoms with Gasteiger partial charge in [0.1, 0.15) is 0 Å². The van der Waals surface area contributed by atoms with E-state index in [0.717, 1.165) is 23.5 Å². The second-order valence-electron chi connectivity index (χ2n) is 6.96. The number of fused-ring (bicyclic) bond motifs is 1. The quantitative estimate of drug-likeness (QED) is 0.843. The Morgan fingerprint density at radius 2 is 1.84 bits per heavy atom. The van der Waals surface area contributed by atoms with Crippen LogP contribution in [0.4, 0.5) is 5.13 Å². The van der Waals surface area contributed by atoms with Crippen molar-refractivity contribution in [2.45, 2.75) is 50.4 Å². The van der Waals surface area contributed by atoms with Gasteiger partial charge in [-0.3, -0.25) is 4.79 Å². The van der Waals surface area contributed by atoms with Gasteiger partial charge < -0.3 is 10.1 Å². The molecule has 0 unspecified atom stereocenters. The summed E-state index contributed by atoms with van der Waals surface area (Å²) in [7, 11) is 0. The molecule has 1 aromatic heterocycles. The van der Waals surface area contributed by atoms with Crippen molar-refractivity contribution in [1.82, 2.24) is 4.98 Å². The van der Waals surface area contributed by atoms with Gasteiger partial charge in [0.15, 0.2) is 5.13 Å². The molecule has 1 saturated heterocycles. The van der Waals surface area contributed by atoms with Gasteiger partial charge in [0, 0.05) is 18.1 Å². The number of rotatable bonds is 3. The molecule has 4 rings (SSSR count). The first-order valence-electron chi connectivity index (χ1n) is 9.21. The summed E-state index contributed by atoms with van der Waals surface area (Å²) in [6.45, 7) is 1.24.